The maximum atomic E-state index is 12.2. The summed E-state index contributed by atoms with van der Waals surface area (Å²) in [5.41, 5.74) is 6.70. The Kier molecular flexibility index (Phi) is 2.63. The van der Waals surface area contributed by atoms with Crippen LogP contribution in [0.1, 0.15) is 49.0 Å². The third kappa shape index (κ3) is 2.01. The lowest BCUT2D eigenvalue weighted by Gasteiger charge is -2.37. The Morgan fingerprint density at radius 1 is 1.28 bits per heavy atom. The summed E-state index contributed by atoms with van der Waals surface area (Å²) in [6.45, 7) is 0. The molecule has 2 atom stereocenters. The van der Waals surface area contributed by atoms with Gasteiger partial charge in [-0.3, -0.25) is 9.78 Å². The topological polar surface area (TPSA) is 68.0 Å². The van der Waals surface area contributed by atoms with Gasteiger partial charge >= 0.3 is 0 Å². The molecule has 0 spiro atoms. The molecule has 1 aromatic rings. The van der Waals surface area contributed by atoms with Crippen molar-refractivity contribution in [1.29, 1.82) is 0 Å². The molecule has 0 aromatic carbocycles. The molecule has 2 aliphatic carbocycles. The molecule has 0 aliphatic heterocycles. The van der Waals surface area contributed by atoms with Gasteiger partial charge in [-0.2, -0.15) is 0 Å². The van der Waals surface area contributed by atoms with Crippen LogP contribution in [-0.2, 0) is 0 Å². The first-order chi connectivity index (χ1) is 8.61. The molecular weight excluding hydrogens is 226 g/mol. The molecule has 18 heavy (non-hydrogen) atoms. The second-order valence-electron chi connectivity index (χ2n) is 5.84. The van der Waals surface area contributed by atoms with Gasteiger partial charge in [0.15, 0.2) is 0 Å². The average molecular weight is 245 g/mol. The average Bonchev–Trinajstić information content (AvgIpc) is 2.60. The van der Waals surface area contributed by atoms with E-state index >= 15 is 0 Å². The maximum absolute atomic E-state index is 12.2. The van der Waals surface area contributed by atoms with Crippen LogP contribution in [0.2, 0.25) is 0 Å². The fourth-order valence-electron chi connectivity index (χ4n) is 3.52. The highest BCUT2D eigenvalue weighted by atomic mass is 16.2. The summed E-state index contributed by atoms with van der Waals surface area (Å²) >= 11 is 0. The molecule has 0 radical (unpaired) electrons. The van der Waals surface area contributed by atoms with Gasteiger partial charge in [0.2, 0.25) is 0 Å². The largest absolute Gasteiger partial charge is 0.345 e. The van der Waals surface area contributed by atoms with Gasteiger partial charge < -0.3 is 11.1 Å². The smallest absolute Gasteiger partial charge is 0.270 e. The van der Waals surface area contributed by atoms with Gasteiger partial charge in [0.05, 0.1) is 0 Å². The Labute approximate surface area is 107 Å². The van der Waals surface area contributed by atoms with E-state index in [2.05, 4.69) is 10.3 Å². The van der Waals surface area contributed by atoms with Crippen molar-refractivity contribution in [3.05, 3.63) is 30.1 Å². The number of nitrogens with two attached hydrogens (primary N) is 1. The van der Waals surface area contributed by atoms with E-state index in [4.69, 9.17) is 5.73 Å². The second kappa shape index (κ2) is 4.05. The number of pyridine rings is 1. The third-order valence-corrected chi connectivity index (χ3v) is 4.40. The molecule has 4 heteroatoms. The molecule has 0 saturated heterocycles. The van der Waals surface area contributed by atoms with E-state index in [9.17, 15) is 4.79 Å². The zero-order valence-electron chi connectivity index (χ0n) is 10.5. The number of nitrogens with one attached hydrogen (secondary N) is 1. The highest BCUT2D eigenvalue weighted by molar-refractivity contribution is 5.92. The third-order valence-electron chi connectivity index (χ3n) is 4.40. The first kappa shape index (κ1) is 11.7. The van der Waals surface area contributed by atoms with Crippen LogP contribution in [0.5, 0.6) is 0 Å². The Morgan fingerprint density at radius 2 is 2.17 bits per heavy atom. The summed E-state index contributed by atoms with van der Waals surface area (Å²) in [4.78, 5) is 16.3. The van der Waals surface area contributed by atoms with Crippen molar-refractivity contribution in [3.63, 3.8) is 0 Å². The normalized spacial score (nSPS) is 34.3. The molecule has 2 bridgehead atoms. The predicted molar refractivity (Wildman–Crippen MR) is 69.1 cm³/mol. The van der Waals surface area contributed by atoms with Gasteiger partial charge in [0.25, 0.3) is 5.91 Å². The maximum Gasteiger partial charge on any atom is 0.270 e. The number of carbonyl (C=O) groups is 1. The molecule has 1 aromatic heterocycles. The number of hydrogen-bond donors (Lipinski definition) is 2. The van der Waals surface area contributed by atoms with Gasteiger partial charge in [-0.1, -0.05) is 6.07 Å². The van der Waals surface area contributed by atoms with E-state index < -0.39 is 0 Å². The second-order valence-corrected chi connectivity index (χ2v) is 5.84. The number of rotatable bonds is 2. The van der Waals surface area contributed by atoms with Gasteiger partial charge in [-0.05, 0) is 50.7 Å². The van der Waals surface area contributed by atoms with Crippen LogP contribution in [0.3, 0.4) is 0 Å². The molecule has 2 fully saturated rings. The van der Waals surface area contributed by atoms with Crippen molar-refractivity contribution >= 4 is 5.91 Å². The van der Waals surface area contributed by atoms with Crippen LogP contribution >= 0.6 is 0 Å². The molecule has 4 nitrogen and oxygen atoms in total. The van der Waals surface area contributed by atoms with Crippen molar-refractivity contribution in [2.45, 2.75) is 49.6 Å². The van der Waals surface area contributed by atoms with E-state index in [0.717, 1.165) is 38.5 Å². The molecule has 0 unspecified atom stereocenters. The minimum Gasteiger partial charge on any atom is -0.345 e. The number of amides is 1. The summed E-state index contributed by atoms with van der Waals surface area (Å²) in [6, 6.07) is 5.40. The summed E-state index contributed by atoms with van der Waals surface area (Å²) in [7, 11) is 0. The molecule has 3 N–H and O–H groups in total. The Morgan fingerprint density at radius 3 is 2.94 bits per heavy atom. The van der Waals surface area contributed by atoms with E-state index in [1.165, 1.54) is 0 Å². The van der Waals surface area contributed by atoms with Gasteiger partial charge in [0.1, 0.15) is 5.69 Å². The highest BCUT2D eigenvalue weighted by Crippen LogP contribution is 2.46. The minimum atomic E-state index is -0.0817. The van der Waals surface area contributed by atoms with E-state index in [1.54, 1.807) is 12.3 Å². The summed E-state index contributed by atoms with van der Waals surface area (Å²) in [5, 5.41) is 3.18. The number of fused-ring (bicyclic) bond motifs is 2. The molecule has 1 amide bonds. The summed E-state index contributed by atoms with van der Waals surface area (Å²) in [6.07, 6.45) is 7.84. The fourth-order valence-corrected chi connectivity index (χ4v) is 3.52. The van der Waals surface area contributed by atoms with Crippen LogP contribution in [-0.4, -0.2) is 22.0 Å². The molecule has 3 rings (SSSR count). The molecule has 2 aliphatic rings. The zero-order valence-corrected chi connectivity index (χ0v) is 10.5. The van der Waals surface area contributed by atoms with Crippen molar-refractivity contribution in [2.75, 3.05) is 0 Å². The number of carbonyl (C=O) groups excluding carboxylic acids is 1. The Hall–Kier alpha value is -1.42. The molecular formula is C14H19N3O. The fraction of sp³-hybridized carbons (Fsp3) is 0.571. The van der Waals surface area contributed by atoms with Gasteiger partial charge in [-0.15, -0.1) is 0 Å². The standard InChI is InChI=1S/C14H19N3O/c15-13-5-3-6-14(10-13,8-7-13)17-12(18)11-4-1-2-9-16-11/h1-2,4,9H,3,5-8,10,15H2,(H,17,18)/t13-,14+/m0/s1. The van der Waals surface area contributed by atoms with Gasteiger partial charge in [0, 0.05) is 17.3 Å². The first-order valence-corrected chi connectivity index (χ1v) is 6.63. The predicted octanol–water partition coefficient (Wildman–Crippen LogP) is 1.62. The quantitative estimate of drug-likeness (QED) is 0.832. The summed E-state index contributed by atoms with van der Waals surface area (Å²) < 4.78 is 0. The highest BCUT2D eigenvalue weighted by Gasteiger charge is 2.49. The SMILES string of the molecule is N[C@@]12CCC[C@@](NC(=O)c3ccccn3)(CC1)C2. The van der Waals surface area contributed by atoms with E-state index in [1.807, 2.05) is 12.1 Å². The Balaban J connectivity index is 1.75. The molecule has 96 valence electrons. The lowest BCUT2D eigenvalue weighted by Crippen LogP contribution is -2.52. The van der Waals surface area contributed by atoms with Crippen molar-refractivity contribution in [1.82, 2.24) is 10.3 Å². The Bertz CT molecular complexity index is 461. The zero-order chi connectivity index (χ0) is 12.6. The monoisotopic (exact) mass is 245 g/mol. The lowest BCUT2D eigenvalue weighted by atomic mass is 9.79. The van der Waals surface area contributed by atoms with Crippen LogP contribution in [0.25, 0.3) is 0 Å². The van der Waals surface area contributed by atoms with Crippen molar-refractivity contribution in [2.24, 2.45) is 5.73 Å². The van der Waals surface area contributed by atoms with Crippen LogP contribution in [0.4, 0.5) is 0 Å². The van der Waals surface area contributed by atoms with Crippen LogP contribution < -0.4 is 11.1 Å². The molecule has 2 saturated carbocycles. The summed E-state index contributed by atoms with van der Waals surface area (Å²) in [5.74, 6) is -0.0678. The van der Waals surface area contributed by atoms with Crippen LogP contribution in [0.15, 0.2) is 24.4 Å². The molecule has 1 heterocycles. The van der Waals surface area contributed by atoms with Gasteiger partial charge in [-0.25, -0.2) is 0 Å². The first-order valence-electron chi connectivity index (χ1n) is 6.63. The van der Waals surface area contributed by atoms with Crippen molar-refractivity contribution < 1.29 is 4.79 Å². The lowest BCUT2D eigenvalue weighted by molar-refractivity contribution is 0.0871. The van der Waals surface area contributed by atoms with E-state index in [0.29, 0.717) is 5.69 Å². The van der Waals surface area contributed by atoms with Crippen LogP contribution in [0, 0.1) is 0 Å². The van der Waals surface area contributed by atoms with Crippen molar-refractivity contribution in [3.8, 4) is 0 Å². The number of aromatic nitrogens is 1. The number of hydrogen-bond acceptors (Lipinski definition) is 3. The van der Waals surface area contributed by atoms with E-state index in [-0.39, 0.29) is 17.0 Å². The number of nitrogens with zero attached hydrogens (tertiary/aromatic N) is 1. The minimum absolute atomic E-state index is 0.0460.